The van der Waals surface area contributed by atoms with Gasteiger partial charge >= 0.3 is 6.03 Å². The molecule has 2 N–H and O–H groups in total. The summed E-state index contributed by atoms with van der Waals surface area (Å²) in [5.74, 6) is 0.163. The fourth-order valence-corrected chi connectivity index (χ4v) is 1.31. The molecule has 0 heterocycles. The number of carbonyl (C=O) groups excluding carboxylic acids is 2. The largest absolute Gasteiger partial charge is 0.484 e. The van der Waals surface area contributed by atoms with Gasteiger partial charge in [-0.2, -0.15) is 5.26 Å². The first-order chi connectivity index (χ1) is 9.51. The fraction of sp³-hybridized carbons (Fsp3) is 0.357. The SMILES string of the molecule is CC(C)CNC(=O)NC(=O)COc1cccc(C#N)c1. The summed E-state index contributed by atoms with van der Waals surface area (Å²) in [5, 5.41) is 13.4. The Bertz CT molecular complexity index is 521. The molecule has 0 unspecified atom stereocenters. The van der Waals surface area contributed by atoms with Crippen molar-refractivity contribution in [2.24, 2.45) is 5.92 Å². The lowest BCUT2D eigenvalue weighted by atomic mass is 10.2. The second-order valence-electron chi connectivity index (χ2n) is 4.58. The van der Waals surface area contributed by atoms with Crippen molar-refractivity contribution in [3.05, 3.63) is 29.8 Å². The third kappa shape index (κ3) is 5.87. The minimum Gasteiger partial charge on any atom is -0.484 e. The van der Waals surface area contributed by atoms with Crippen LogP contribution in [0.2, 0.25) is 0 Å². The Kier molecular flexibility index (Phi) is 6.04. The van der Waals surface area contributed by atoms with E-state index in [0.29, 0.717) is 23.8 Å². The van der Waals surface area contributed by atoms with Gasteiger partial charge in [0.05, 0.1) is 11.6 Å². The standard InChI is InChI=1S/C14H17N3O3/c1-10(2)8-16-14(19)17-13(18)9-20-12-5-3-4-11(6-12)7-15/h3-6,10H,8-9H2,1-2H3,(H2,16,17,18,19). The summed E-state index contributed by atoms with van der Waals surface area (Å²) in [6, 6.07) is 7.86. The van der Waals surface area contributed by atoms with Gasteiger partial charge in [-0.3, -0.25) is 10.1 Å². The third-order valence-corrected chi connectivity index (χ3v) is 2.26. The van der Waals surface area contributed by atoms with Crippen LogP contribution >= 0.6 is 0 Å². The molecule has 0 aliphatic rings. The zero-order valence-electron chi connectivity index (χ0n) is 11.5. The van der Waals surface area contributed by atoms with Crippen molar-refractivity contribution in [3.63, 3.8) is 0 Å². The monoisotopic (exact) mass is 275 g/mol. The summed E-state index contributed by atoms with van der Waals surface area (Å²) < 4.78 is 5.19. The fourth-order valence-electron chi connectivity index (χ4n) is 1.31. The number of amides is 3. The number of ether oxygens (including phenoxy) is 1. The minimum atomic E-state index is -0.548. The number of nitrogens with one attached hydrogen (secondary N) is 2. The summed E-state index contributed by atoms with van der Waals surface area (Å²) >= 11 is 0. The van der Waals surface area contributed by atoms with Gasteiger partial charge in [0.1, 0.15) is 5.75 Å². The molecular formula is C14H17N3O3. The summed E-state index contributed by atoms with van der Waals surface area (Å²) in [5.41, 5.74) is 0.442. The predicted octanol–water partition coefficient (Wildman–Crippen LogP) is 1.42. The Balaban J connectivity index is 2.36. The molecule has 1 aromatic rings. The van der Waals surface area contributed by atoms with Gasteiger partial charge in [-0.1, -0.05) is 19.9 Å². The van der Waals surface area contributed by atoms with Crippen molar-refractivity contribution in [2.45, 2.75) is 13.8 Å². The average Bonchev–Trinajstić information content (AvgIpc) is 2.43. The predicted molar refractivity (Wildman–Crippen MR) is 73.0 cm³/mol. The first-order valence-electron chi connectivity index (χ1n) is 6.22. The quantitative estimate of drug-likeness (QED) is 0.850. The van der Waals surface area contributed by atoms with Crippen molar-refractivity contribution >= 4 is 11.9 Å². The molecule has 3 amide bonds. The molecule has 0 spiro atoms. The van der Waals surface area contributed by atoms with Crippen molar-refractivity contribution in [2.75, 3.05) is 13.2 Å². The highest BCUT2D eigenvalue weighted by Gasteiger charge is 2.08. The number of hydrogen-bond acceptors (Lipinski definition) is 4. The lowest BCUT2D eigenvalue weighted by Crippen LogP contribution is -2.42. The van der Waals surface area contributed by atoms with E-state index in [4.69, 9.17) is 10.00 Å². The Morgan fingerprint density at radius 3 is 2.80 bits per heavy atom. The molecule has 0 aliphatic heterocycles. The summed E-state index contributed by atoms with van der Waals surface area (Å²) in [7, 11) is 0. The van der Waals surface area contributed by atoms with Crippen LogP contribution in [0.15, 0.2) is 24.3 Å². The first kappa shape index (κ1) is 15.5. The van der Waals surface area contributed by atoms with Crippen LogP contribution in [0.5, 0.6) is 5.75 Å². The number of urea groups is 1. The van der Waals surface area contributed by atoms with E-state index in [1.165, 1.54) is 6.07 Å². The highest BCUT2D eigenvalue weighted by molar-refractivity contribution is 5.94. The first-order valence-corrected chi connectivity index (χ1v) is 6.22. The van der Waals surface area contributed by atoms with Crippen LogP contribution in [0.4, 0.5) is 4.79 Å². The second kappa shape index (κ2) is 7.79. The maximum atomic E-state index is 11.5. The van der Waals surface area contributed by atoms with Crippen LogP contribution in [-0.2, 0) is 4.79 Å². The van der Waals surface area contributed by atoms with E-state index in [0.717, 1.165) is 0 Å². The molecule has 0 aromatic heterocycles. The van der Waals surface area contributed by atoms with Crippen molar-refractivity contribution in [1.29, 1.82) is 5.26 Å². The van der Waals surface area contributed by atoms with Crippen LogP contribution in [0.25, 0.3) is 0 Å². The Morgan fingerprint density at radius 1 is 1.40 bits per heavy atom. The normalized spacial score (nSPS) is 9.70. The Hall–Kier alpha value is -2.55. The molecule has 0 saturated heterocycles. The maximum Gasteiger partial charge on any atom is 0.321 e. The van der Waals surface area contributed by atoms with Gasteiger partial charge in [-0.25, -0.2) is 4.79 Å². The lowest BCUT2D eigenvalue weighted by Gasteiger charge is -2.09. The molecule has 6 nitrogen and oxygen atoms in total. The topological polar surface area (TPSA) is 91.2 Å². The van der Waals surface area contributed by atoms with Crippen LogP contribution in [-0.4, -0.2) is 25.1 Å². The summed E-state index contributed by atoms with van der Waals surface area (Å²) in [6.45, 7) is 4.11. The summed E-state index contributed by atoms with van der Waals surface area (Å²) in [6.07, 6.45) is 0. The number of nitriles is 1. The van der Waals surface area contributed by atoms with Gasteiger partial charge < -0.3 is 10.1 Å². The van der Waals surface area contributed by atoms with Crippen molar-refractivity contribution < 1.29 is 14.3 Å². The minimum absolute atomic E-state index is 0.288. The van der Waals surface area contributed by atoms with Crippen molar-refractivity contribution in [3.8, 4) is 11.8 Å². The van der Waals surface area contributed by atoms with Gasteiger partial charge in [-0.05, 0) is 24.1 Å². The number of imide groups is 1. The van der Waals surface area contributed by atoms with Gasteiger partial charge in [-0.15, -0.1) is 0 Å². The van der Waals surface area contributed by atoms with E-state index >= 15 is 0 Å². The zero-order chi connectivity index (χ0) is 15.0. The van der Waals surface area contributed by atoms with Gasteiger partial charge in [0.15, 0.2) is 6.61 Å². The van der Waals surface area contributed by atoms with E-state index in [9.17, 15) is 9.59 Å². The number of benzene rings is 1. The number of carbonyl (C=O) groups is 2. The third-order valence-electron chi connectivity index (χ3n) is 2.26. The van der Waals surface area contributed by atoms with E-state index in [1.54, 1.807) is 18.2 Å². The van der Waals surface area contributed by atoms with E-state index in [1.807, 2.05) is 19.9 Å². The van der Waals surface area contributed by atoms with Crippen LogP contribution in [0, 0.1) is 17.2 Å². The van der Waals surface area contributed by atoms with E-state index in [-0.39, 0.29) is 6.61 Å². The molecule has 0 aliphatic carbocycles. The second-order valence-corrected chi connectivity index (χ2v) is 4.58. The lowest BCUT2D eigenvalue weighted by molar-refractivity contribution is -0.122. The smallest absolute Gasteiger partial charge is 0.321 e. The van der Waals surface area contributed by atoms with Crippen LogP contribution in [0.1, 0.15) is 19.4 Å². The number of rotatable bonds is 5. The maximum absolute atomic E-state index is 11.5. The molecular weight excluding hydrogens is 258 g/mol. The van der Waals surface area contributed by atoms with Gasteiger partial charge in [0.25, 0.3) is 5.91 Å². The van der Waals surface area contributed by atoms with Crippen LogP contribution in [0.3, 0.4) is 0 Å². The number of hydrogen-bond donors (Lipinski definition) is 2. The molecule has 1 rings (SSSR count). The molecule has 6 heteroatoms. The molecule has 1 aromatic carbocycles. The Morgan fingerprint density at radius 2 is 2.15 bits per heavy atom. The Labute approximate surface area is 117 Å². The molecule has 0 fully saturated rings. The molecule has 0 saturated carbocycles. The molecule has 0 atom stereocenters. The molecule has 20 heavy (non-hydrogen) atoms. The average molecular weight is 275 g/mol. The van der Waals surface area contributed by atoms with E-state index < -0.39 is 11.9 Å². The van der Waals surface area contributed by atoms with Crippen molar-refractivity contribution in [1.82, 2.24) is 10.6 Å². The van der Waals surface area contributed by atoms with Crippen LogP contribution < -0.4 is 15.4 Å². The molecule has 0 radical (unpaired) electrons. The molecule has 0 bridgehead atoms. The van der Waals surface area contributed by atoms with Gasteiger partial charge in [0, 0.05) is 6.54 Å². The van der Waals surface area contributed by atoms with E-state index in [2.05, 4.69) is 10.6 Å². The highest BCUT2D eigenvalue weighted by atomic mass is 16.5. The van der Waals surface area contributed by atoms with Gasteiger partial charge in [0.2, 0.25) is 0 Å². The number of nitrogens with zero attached hydrogens (tertiary/aromatic N) is 1. The highest BCUT2D eigenvalue weighted by Crippen LogP contribution is 2.12. The molecule has 106 valence electrons. The summed E-state index contributed by atoms with van der Waals surface area (Å²) in [4.78, 5) is 22.8. The zero-order valence-corrected chi connectivity index (χ0v) is 11.5.